The van der Waals surface area contributed by atoms with Gasteiger partial charge in [0.1, 0.15) is 11.5 Å². The molecule has 136 valence electrons. The van der Waals surface area contributed by atoms with Crippen molar-refractivity contribution in [2.24, 2.45) is 0 Å². The summed E-state index contributed by atoms with van der Waals surface area (Å²) in [6.07, 6.45) is 0. The molecule has 0 saturated heterocycles. The Hall–Kier alpha value is -2.97. The first kappa shape index (κ1) is 17.4. The number of hydrogen-bond acceptors (Lipinski definition) is 7. The molecule has 8 heteroatoms. The van der Waals surface area contributed by atoms with Crippen LogP contribution >= 0.6 is 22.7 Å². The number of para-hydroxylation sites is 1. The zero-order valence-corrected chi connectivity index (χ0v) is 16.2. The van der Waals surface area contributed by atoms with Crippen LogP contribution in [0.25, 0.3) is 22.0 Å². The molecular formula is C19H15N3O3S2. The van der Waals surface area contributed by atoms with Crippen LogP contribution in [0.2, 0.25) is 0 Å². The molecule has 1 aromatic carbocycles. The van der Waals surface area contributed by atoms with Gasteiger partial charge >= 0.3 is 0 Å². The molecule has 0 radical (unpaired) electrons. The Morgan fingerprint density at radius 1 is 1.15 bits per heavy atom. The van der Waals surface area contributed by atoms with Crippen LogP contribution in [0.4, 0.5) is 5.13 Å². The zero-order chi connectivity index (χ0) is 18.8. The summed E-state index contributed by atoms with van der Waals surface area (Å²) in [4.78, 5) is 22.3. The van der Waals surface area contributed by atoms with E-state index in [1.807, 2.05) is 47.2 Å². The number of benzene rings is 1. The van der Waals surface area contributed by atoms with Gasteiger partial charge in [0.25, 0.3) is 5.91 Å². The van der Waals surface area contributed by atoms with Crippen molar-refractivity contribution in [3.05, 3.63) is 58.6 Å². The average Bonchev–Trinajstić information content (AvgIpc) is 3.42. The third kappa shape index (κ3) is 3.49. The topological polar surface area (TPSA) is 77.2 Å². The summed E-state index contributed by atoms with van der Waals surface area (Å²) >= 11 is 2.85. The number of thiophene rings is 1. The van der Waals surface area contributed by atoms with Gasteiger partial charge in [-0.2, -0.15) is 0 Å². The Morgan fingerprint density at radius 2 is 2.00 bits per heavy atom. The van der Waals surface area contributed by atoms with Crippen molar-refractivity contribution < 1.29 is 13.9 Å². The van der Waals surface area contributed by atoms with E-state index in [0.717, 1.165) is 21.9 Å². The maximum Gasteiger partial charge on any atom is 0.279 e. The van der Waals surface area contributed by atoms with Gasteiger partial charge in [0.2, 0.25) is 5.89 Å². The SMILES string of the molecule is COc1ccccc1-c1csc(NC(=O)c2nc(-c3cccs3)oc2C)n1. The smallest absolute Gasteiger partial charge is 0.279 e. The van der Waals surface area contributed by atoms with E-state index < -0.39 is 0 Å². The number of nitrogens with zero attached hydrogens (tertiary/aromatic N) is 2. The summed E-state index contributed by atoms with van der Waals surface area (Å²) in [6, 6.07) is 11.4. The highest BCUT2D eigenvalue weighted by atomic mass is 32.1. The minimum Gasteiger partial charge on any atom is -0.496 e. The number of carbonyl (C=O) groups excluding carboxylic acids is 1. The van der Waals surface area contributed by atoms with Gasteiger partial charge in [-0.15, -0.1) is 22.7 Å². The molecule has 1 amide bonds. The van der Waals surface area contributed by atoms with Crippen molar-refractivity contribution in [1.82, 2.24) is 9.97 Å². The van der Waals surface area contributed by atoms with Gasteiger partial charge in [0, 0.05) is 10.9 Å². The number of nitrogens with one attached hydrogen (secondary N) is 1. The molecule has 4 rings (SSSR count). The second-order valence-corrected chi connectivity index (χ2v) is 7.40. The van der Waals surface area contributed by atoms with E-state index in [2.05, 4.69) is 15.3 Å². The molecule has 0 saturated carbocycles. The maximum absolute atomic E-state index is 12.6. The first-order valence-corrected chi connectivity index (χ1v) is 9.83. The minimum atomic E-state index is -0.347. The largest absolute Gasteiger partial charge is 0.496 e. The molecule has 1 N–H and O–H groups in total. The molecule has 0 atom stereocenters. The lowest BCUT2D eigenvalue weighted by molar-refractivity contribution is 0.102. The molecule has 0 aliphatic carbocycles. The predicted molar refractivity (Wildman–Crippen MR) is 107 cm³/mol. The molecule has 6 nitrogen and oxygen atoms in total. The van der Waals surface area contributed by atoms with E-state index in [1.54, 1.807) is 14.0 Å². The lowest BCUT2D eigenvalue weighted by Gasteiger charge is -2.04. The van der Waals surface area contributed by atoms with E-state index in [1.165, 1.54) is 22.7 Å². The number of thiazole rings is 1. The first-order chi connectivity index (χ1) is 13.2. The molecule has 0 fully saturated rings. The Kier molecular flexibility index (Phi) is 4.74. The lowest BCUT2D eigenvalue weighted by atomic mass is 10.1. The maximum atomic E-state index is 12.6. The van der Waals surface area contributed by atoms with Crippen LogP contribution in [-0.2, 0) is 0 Å². The summed E-state index contributed by atoms with van der Waals surface area (Å²) in [5.41, 5.74) is 1.87. The Morgan fingerprint density at radius 3 is 2.78 bits per heavy atom. The van der Waals surface area contributed by atoms with Crippen molar-refractivity contribution in [3.8, 4) is 27.8 Å². The van der Waals surface area contributed by atoms with Crippen molar-refractivity contribution in [2.45, 2.75) is 6.92 Å². The quantitative estimate of drug-likeness (QED) is 0.507. The Balaban J connectivity index is 1.55. The second kappa shape index (κ2) is 7.34. The predicted octanol–water partition coefficient (Wildman–Crippen LogP) is 5.10. The van der Waals surface area contributed by atoms with Crippen molar-refractivity contribution in [2.75, 3.05) is 12.4 Å². The standard InChI is InChI=1S/C19H15N3O3S2/c1-11-16(21-18(25-11)15-8-5-9-26-15)17(23)22-19-20-13(10-27-19)12-6-3-4-7-14(12)24-2/h3-10H,1-2H3,(H,20,22,23). The van der Waals surface area contributed by atoms with Gasteiger partial charge in [-0.25, -0.2) is 9.97 Å². The second-order valence-electron chi connectivity index (χ2n) is 5.59. The van der Waals surface area contributed by atoms with E-state index in [9.17, 15) is 4.79 Å². The Labute approximate surface area is 163 Å². The monoisotopic (exact) mass is 397 g/mol. The highest BCUT2D eigenvalue weighted by Crippen LogP contribution is 2.32. The number of amides is 1. The number of aryl methyl sites for hydroxylation is 1. The zero-order valence-electron chi connectivity index (χ0n) is 14.6. The van der Waals surface area contributed by atoms with Gasteiger partial charge < -0.3 is 9.15 Å². The number of methoxy groups -OCH3 is 1. The summed E-state index contributed by atoms with van der Waals surface area (Å²) in [5, 5.41) is 7.09. The van der Waals surface area contributed by atoms with Crippen molar-refractivity contribution >= 4 is 33.7 Å². The molecule has 0 aliphatic heterocycles. The number of anilines is 1. The van der Waals surface area contributed by atoms with Gasteiger partial charge in [-0.05, 0) is 30.5 Å². The highest BCUT2D eigenvalue weighted by molar-refractivity contribution is 7.14. The van der Waals surface area contributed by atoms with Crippen molar-refractivity contribution in [3.63, 3.8) is 0 Å². The van der Waals surface area contributed by atoms with Crippen LogP contribution in [0.3, 0.4) is 0 Å². The number of hydrogen-bond donors (Lipinski definition) is 1. The fourth-order valence-corrected chi connectivity index (χ4v) is 3.93. The number of carbonyl (C=O) groups is 1. The normalized spacial score (nSPS) is 10.7. The van der Waals surface area contributed by atoms with E-state index >= 15 is 0 Å². The number of rotatable bonds is 5. The summed E-state index contributed by atoms with van der Waals surface area (Å²) in [6.45, 7) is 1.72. The van der Waals surface area contributed by atoms with Gasteiger partial charge in [-0.1, -0.05) is 18.2 Å². The summed E-state index contributed by atoms with van der Waals surface area (Å²) in [7, 11) is 1.62. The average molecular weight is 397 g/mol. The molecule has 0 aliphatic rings. The molecule has 3 aromatic heterocycles. The third-order valence-electron chi connectivity index (χ3n) is 3.85. The Bertz CT molecular complexity index is 1080. The first-order valence-electron chi connectivity index (χ1n) is 8.07. The fraction of sp³-hybridized carbons (Fsp3) is 0.105. The third-order valence-corrected chi connectivity index (χ3v) is 5.47. The number of aromatic nitrogens is 2. The van der Waals surface area contributed by atoms with Gasteiger partial charge in [0.15, 0.2) is 10.8 Å². The van der Waals surface area contributed by atoms with Crippen LogP contribution in [0.15, 0.2) is 51.6 Å². The number of oxazole rings is 1. The van der Waals surface area contributed by atoms with Crippen molar-refractivity contribution in [1.29, 1.82) is 0 Å². The van der Waals surface area contributed by atoms with E-state index in [-0.39, 0.29) is 11.6 Å². The summed E-state index contributed by atoms with van der Waals surface area (Å²) in [5.74, 6) is 1.30. The number of ether oxygens (including phenoxy) is 1. The molecule has 0 spiro atoms. The van der Waals surface area contributed by atoms with Crippen LogP contribution in [0, 0.1) is 6.92 Å². The molecule has 0 bridgehead atoms. The molecule has 27 heavy (non-hydrogen) atoms. The van der Waals surface area contributed by atoms with Crippen LogP contribution < -0.4 is 10.1 Å². The molecule has 3 heterocycles. The fourth-order valence-electron chi connectivity index (χ4n) is 2.58. The van der Waals surface area contributed by atoms with Gasteiger partial charge in [0.05, 0.1) is 17.7 Å². The van der Waals surface area contributed by atoms with E-state index in [4.69, 9.17) is 9.15 Å². The van der Waals surface area contributed by atoms with Crippen LogP contribution in [-0.4, -0.2) is 23.0 Å². The lowest BCUT2D eigenvalue weighted by Crippen LogP contribution is -2.13. The van der Waals surface area contributed by atoms with Crippen LogP contribution in [0.5, 0.6) is 5.75 Å². The summed E-state index contributed by atoms with van der Waals surface area (Å²) < 4.78 is 11.0. The minimum absolute atomic E-state index is 0.257. The van der Waals surface area contributed by atoms with Gasteiger partial charge in [-0.3, -0.25) is 10.1 Å². The highest BCUT2D eigenvalue weighted by Gasteiger charge is 2.20. The van der Waals surface area contributed by atoms with Crippen LogP contribution in [0.1, 0.15) is 16.2 Å². The molecular weight excluding hydrogens is 382 g/mol. The van der Waals surface area contributed by atoms with E-state index in [0.29, 0.717) is 16.8 Å². The molecule has 0 unspecified atom stereocenters. The molecule has 4 aromatic rings.